The molecule has 0 amide bonds. The van der Waals surface area contributed by atoms with Crippen LogP contribution in [0.4, 0.5) is 0 Å². The summed E-state index contributed by atoms with van der Waals surface area (Å²) in [6.45, 7) is 4.95. The fourth-order valence-electron chi connectivity index (χ4n) is 1.97. The van der Waals surface area contributed by atoms with E-state index in [-0.39, 0.29) is 0 Å². The molecule has 3 N–H and O–H groups in total. The van der Waals surface area contributed by atoms with E-state index >= 15 is 0 Å². The van der Waals surface area contributed by atoms with Crippen LogP contribution in [-0.2, 0) is 6.54 Å². The molecule has 2 heteroatoms. The van der Waals surface area contributed by atoms with Crippen LogP contribution in [0.25, 0.3) is 11.3 Å². The molecule has 1 aromatic carbocycles. The van der Waals surface area contributed by atoms with Crippen molar-refractivity contribution in [3.05, 3.63) is 47.7 Å². The van der Waals surface area contributed by atoms with E-state index in [1.54, 1.807) is 0 Å². The van der Waals surface area contributed by atoms with E-state index in [2.05, 4.69) is 37.0 Å². The SMILES string of the molecule is CC(C)c1[nH]c(-c2ccccc2)cc1CN. The average Bonchev–Trinajstić information content (AvgIpc) is 2.74. The van der Waals surface area contributed by atoms with Gasteiger partial charge in [0.1, 0.15) is 0 Å². The lowest BCUT2D eigenvalue weighted by atomic mass is 10.1. The van der Waals surface area contributed by atoms with Gasteiger partial charge >= 0.3 is 0 Å². The highest BCUT2D eigenvalue weighted by molar-refractivity contribution is 5.61. The molecule has 1 aromatic heterocycles. The largest absolute Gasteiger partial charge is 0.358 e. The van der Waals surface area contributed by atoms with Crippen molar-refractivity contribution in [2.75, 3.05) is 0 Å². The third-order valence-electron chi connectivity index (χ3n) is 2.82. The van der Waals surface area contributed by atoms with Gasteiger partial charge in [-0.2, -0.15) is 0 Å². The zero-order valence-electron chi connectivity index (χ0n) is 9.83. The number of nitrogens with one attached hydrogen (secondary N) is 1. The summed E-state index contributed by atoms with van der Waals surface area (Å²) in [5, 5.41) is 0. The van der Waals surface area contributed by atoms with E-state index in [4.69, 9.17) is 5.73 Å². The van der Waals surface area contributed by atoms with Crippen LogP contribution in [0, 0.1) is 0 Å². The number of H-pyrrole nitrogens is 1. The number of benzene rings is 1. The molecule has 0 unspecified atom stereocenters. The van der Waals surface area contributed by atoms with Gasteiger partial charge in [0.25, 0.3) is 0 Å². The number of hydrogen-bond acceptors (Lipinski definition) is 1. The van der Waals surface area contributed by atoms with Gasteiger partial charge < -0.3 is 10.7 Å². The Hall–Kier alpha value is -1.54. The second-order valence-electron chi connectivity index (χ2n) is 4.35. The van der Waals surface area contributed by atoms with Crippen LogP contribution in [0.1, 0.15) is 31.0 Å². The monoisotopic (exact) mass is 214 g/mol. The van der Waals surface area contributed by atoms with Crippen LogP contribution in [0.2, 0.25) is 0 Å². The number of rotatable bonds is 3. The lowest BCUT2D eigenvalue weighted by Gasteiger charge is -2.04. The molecule has 0 atom stereocenters. The van der Waals surface area contributed by atoms with Gasteiger partial charge in [0, 0.05) is 17.9 Å². The van der Waals surface area contributed by atoms with Crippen LogP contribution in [-0.4, -0.2) is 4.98 Å². The van der Waals surface area contributed by atoms with Gasteiger partial charge in [-0.1, -0.05) is 44.2 Å². The molecule has 0 aliphatic carbocycles. The van der Waals surface area contributed by atoms with Gasteiger partial charge in [-0.15, -0.1) is 0 Å². The Balaban J connectivity index is 2.44. The van der Waals surface area contributed by atoms with Crippen molar-refractivity contribution in [3.8, 4) is 11.3 Å². The van der Waals surface area contributed by atoms with Crippen LogP contribution < -0.4 is 5.73 Å². The van der Waals surface area contributed by atoms with E-state index in [9.17, 15) is 0 Å². The second kappa shape index (κ2) is 4.54. The summed E-state index contributed by atoms with van der Waals surface area (Å²) in [6.07, 6.45) is 0. The zero-order chi connectivity index (χ0) is 11.5. The number of hydrogen-bond donors (Lipinski definition) is 2. The molecule has 0 aliphatic heterocycles. The number of aromatic nitrogens is 1. The Bertz CT molecular complexity index is 455. The van der Waals surface area contributed by atoms with Gasteiger partial charge in [-0.3, -0.25) is 0 Å². The Kier molecular flexibility index (Phi) is 3.11. The Labute approximate surface area is 96.5 Å². The molecule has 0 saturated heterocycles. The standard InChI is InChI=1S/C14H18N2/c1-10(2)14-12(9-15)8-13(16-14)11-6-4-3-5-7-11/h3-8,10,16H,9,15H2,1-2H3. The lowest BCUT2D eigenvalue weighted by molar-refractivity contribution is 0.811. The van der Waals surface area contributed by atoms with Crippen molar-refractivity contribution in [2.45, 2.75) is 26.3 Å². The maximum Gasteiger partial charge on any atom is 0.0459 e. The minimum atomic E-state index is 0.482. The average molecular weight is 214 g/mol. The number of nitrogens with two attached hydrogens (primary N) is 1. The zero-order valence-corrected chi connectivity index (χ0v) is 9.83. The highest BCUT2D eigenvalue weighted by Gasteiger charge is 2.10. The molecule has 16 heavy (non-hydrogen) atoms. The fourth-order valence-corrected chi connectivity index (χ4v) is 1.97. The first-order valence-electron chi connectivity index (χ1n) is 5.69. The van der Waals surface area contributed by atoms with E-state index < -0.39 is 0 Å². The summed E-state index contributed by atoms with van der Waals surface area (Å²) in [5.41, 5.74) is 10.6. The van der Waals surface area contributed by atoms with Crippen molar-refractivity contribution in [3.63, 3.8) is 0 Å². The fraction of sp³-hybridized carbons (Fsp3) is 0.286. The van der Waals surface area contributed by atoms with E-state index in [0.717, 1.165) is 5.69 Å². The molecule has 2 rings (SSSR count). The summed E-state index contributed by atoms with van der Waals surface area (Å²) in [5.74, 6) is 0.482. The molecule has 0 fully saturated rings. The lowest BCUT2D eigenvalue weighted by Crippen LogP contribution is -2.00. The first-order valence-corrected chi connectivity index (χ1v) is 5.69. The molecular formula is C14H18N2. The quantitative estimate of drug-likeness (QED) is 0.809. The highest BCUT2D eigenvalue weighted by atomic mass is 14.7. The minimum absolute atomic E-state index is 0.482. The third-order valence-corrected chi connectivity index (χ3v) is 2.82. The molecule has 0 bridgehead atoms. The van der Waals surface area contributed by atoms with Crippen molar-refractivity contribution >= 4 is 0 Å². The van der Waals surface area contributed by atoms with E-state index in [0.29, 0.717) is 12.5 Å². The Morgan fingerprint density at radius 1 is 1.19 bits per heavy atom. The molecule has 2 aromatic rings. The van der Waals surface area contributed by atoms with E-state index in [1.807, 2.05) is 18.2 Å². The smallest absolute Gasteiger partial charge is 0.0459 e. The van der Waals surface area contributed by atoms with Crippen molar-refractivity contribution in [1.29, 1.82) is 0 Å². The van der Waals surface area contributed by atoms with Crippen LogP contribution in [0.5, 0.6) is 0 Å². The minimum Gasteiger partial charge on any atom is -0.358 e. The molecule has 84 valence electrons. The topological polar surface area (TPSA) is 41.8 Å². The Morgan fingerprint density at radius 2 is 1.88 bits per heavy atom. The van der Waals surface area contributed by atoms with Gasteiger partial charge in [0.2, 0.25) is 0 Å². The summed E-state index contributed by atoms with van der Waals surface area (Å²) in [7, 11) is 0. The summed E-state index contributed by atoms with van der Waals surface area (Å²) in [4.78, 5) is 3.47. The predicted molar refractivity (Wildman–Crippen MR) is 68.2 cm³/mol. The van der Waals surface area contributed by atoms with Crippen molar-refractivity contribution in [1.82, 2.24) is 4.98 Å². The molecule has 0 spiro atoms. The van der Waals surface area contributed by atoms with Crippen molar-refractivity contribution < 1.29 is 0 Å². The second-order valence-corrected chi connectivity index (χ2v) is 4.35. The van der Waals surface area contributed by atoms with E-state index in [1.165, 1.54) is 16.8 Å². The maximum atomic E-state index is 5.76. The molecule has 0 radical (unpaired) electrons. The van der Waals surface area contributed by atoms with Crippen molar-refractivity contribution in [2.24, 2.45) is 5.73 Å². The van der Waals surface area contributed by atoms with Gasteiger partial charge in [0.05, 0.1) is 0 Å². The maximum absolute atomic E-state index is 5.76. The summed E-state index contributed by atoms with van der Waals surface area (Å²) in [6, 6.07) is 12.5. The first kappa shape index (κ1) is 11.0. The third kappa shape index (κ3) is 2.02. The van der Waals surface area contributed by atoms with Gasteiger partial charge in [-0.25, -0.2) is 0 Å². The summed E-state index contributed by atoms with van der Waals surface area (Å²) >= 11 is 0. The van der Waals surface area contributed by atoms with Gasteiger partial charge in [-0.05, 0) is 23.1 Å². The summed E-state index contributed by atoms with van der Waals surface area (Å²) < 4.78 is 0. The van der Waals surface area contributed by atoms with Crippen LogP contribution in [0.15, 0.2) is 36.4 Å². The normalized spacial score (nSPS) is 11.0. The highest BCUT2D eigenvalue weighted by Crippen LogP contribution is 2.25. The molecule has 2 nitrogen and oxygen atoms in total. The first-order chi connectivity index (χ1) is 7.72. The molecule has 1 heterocycles. The predicted octanol–water partition coefficient (Wildman–Crippen LogP) is 3.26. The number of aromatic amines is 1. The molecule has 0 aliphatic rings. The Morgan fingerprint density at radius 3 is 2.38 bits per heavy atom. The van der Waals surface area contributed by atoms with Gasteiger partial charge in [0.15, 0.2) is 0 Å². The van der Waals surface area contributed by atoms with Crippen LogP contribution in [0.3, 0.4) is 0 Å². The van der Waals surface area contributed by atoms with Crippen LogP contribution >= 0.6 is 0 Å². The molecular weight excluding hydrogens is 196 g/mol. The molecule has 0 saturated carbocycles.